The van der Waals surface area contributed by atoms with Crippen LogP contribution in [0.15, 0.2) is 28.8 Å². The van der Waals surface area contributed by atoms with Crippen molar-refractivity contribution in [1.29, 1.82) is 0 Å². The lowest BCUT2D eigenvalue weighted by molar-refractivity contribution is 0.0654. The summed E-state index contributed by atoms with van der Waals surface area (Å²) in [5.74, 6) is 1.03. The summed E-state index contributed by atoms with van der Waals surface area (Å²) in [5, 5.41) is 21.3. The highest BCUT2D eigenvalue weighted by molar-refractivity contribution is 7.21. The molecule has 4 aromatic rings. The van der Waals surface area contributed by atoms with Gasteiger partial charge in [-0.05, 0) is 25.1 Å². The fourth-order valence-corrected chi connectivity index (χ4v) is 4.35. The molecule has 0 unspecified atom stereocenters. The van der Waals surface area contributed by atoms with Gasteiger partial charge in [0, 0.05) is 32.0 Å². The second kappa shape index (κ2) is 7.82. The number of aliphatic hydroxyl groups excluding tert-OH is 2. The van der Waals surface area contributed by atoms with E-state index in [1.54, 1.807) is 25.4 Å². The highest BCUT2D eigenvalue weighted by Gasteiger charge is 2.21. The number of nitrogens with one attached hydrogen (secondary N) is 1. The fourth-order valence-electron chi connectivity index (χ4n) is 3.23. The number of aryl methyl sites for hydroxylation is 1. The van der Waals surface area contributed by atoms with Gasteiger partial charge in [-0.1, -0.05) is 0 Å². The number of amides is 1. The third-order valence-corrected chi connectivity index (χ3v) is 5.73. The SMILES string of the molecule is CNc1nc2cc(-c3ccc(C(=O)N(CCO)CCO)o3)sc2n2c(C)cnc12. The third kappa shape index (κ3) is 3.35. The fraction of sp³-hybridized carbons (Fsp3) is 0.316. The molecule has 0 saturated carbocycles. The minimum absolute atomic E-state index is 0.132. The Morgan fingerprint density at radius 3 is 2.76 bits per heavy atom. The molecule has 3 N–H and O–H groups in total. The van der Waals surface area contributed by atoms with E-state index in [1.807, 2.05) is 17.4 Å². The maximum Gasteiger partial charge on any atom is 0.289 e. The first-order valence-electron chi connectivity index (χ1n) is 9.14. The number of aliphatic hydroxyl groups is 2. The quantitative estimate of drug-likeness (QED) is 0.423. The van der Waals surface area contributed by atoms with Crippen LogP contribution in [0.2, 0.25) is 0 Å². The minimum Gasteiger partial charge on any atom is -0.450 e. The predicted molar refractivity (Wildman–Crippen MR) is 110 cm³/mol. The van der Waals surface area contributed by atoms with Crippen LogP contribution in [0, 0.1) is 6.92 Å². The third-order valence-electron chi connectivity index (χ3n) is 4.60. The van der Waals surface area contributed by atoms with Gasteiger partial charge in [-0.2, -0.15) is 0 Å². The molecule has 4 rings (SSSR count). The molecule has 1 amide bonds. The summed E-state index contributed by atoms with van der Waals surface area (Å²) in [6, 6.07) is 5.27. The zero-order valence-corrected chi connectivity index (χ0v) is 16.9. The van der Waals surface area contributed by atoms with Crippen molar-refractivity contribution in [3.63, 3.8) is 0 Å². The summed E-state index contributed by atoms with van der Waals surface area (Å²) in [7, 11) is 1.81. The van der Waals surface area contributed by atoms with Gasteiger partial charge in [0.2, 0.25) is 0 Å². The summed E-state index contributed by atoms with van der Waals surface area (Å²) < 4.78 is 7.85. The number of furan rings is 1. The van der Waals surface area contributed by atoms with Crippen molar-refractivity contribution in [3.05, 3.63) is 35.9 Å². The number of hydrogen-bond donors (Lipinski definition) is 3. The molecule has 4 aromatic heterocycles. The van der Waals surface area contributed by atoms with Crippen LogP contribution >= 0.6 is 11.3 Å². The lowest BCUT2D eigenvalue weighted by Crippen LogP contribution is -2.35. The van der Waals surface area contributed by atoms with Gasteiger partial charge in [0.1, 0.15) is 16.1 Å². The number of carbonyl (C=O) groups excluding carboxylic acids is 1. The molecular weight excluding hydrogens is 394 g/mol. The lowest BCUT2D eigenvalue weighted by Gasteiger charge is -2.18. The normalized spacial score (nSPS) is 11.4. The number of fused-ring (bicyclic) bond motifs is 3. The molecule has 0 radical (unpaired) electrons. The van der Waals surface area contributed by atoms with E-state index in [0.717, 1.165) is 26.6 Å². The molecule has 0 spiro atoms. The number of anilines is 1. The summed E-state index contributed by atoms with van der Waals surface area (Å²) >= 11 is 1.51. The van der Waals surface area contributed by atoms with E-state index in [1.165, 1.54) is 16.2 Å². The van der Waals surface area contributed by atoms with Gasteiger partial charge >= 0.3 is 0 Å². The van der Waals surface area contributed by atoms with Gasteiger partial charge in [-0.25, -0.2) is 9.97 Å². The molecule has 4 heterocycles. The molecule has 9 nitrogen and oxygen atoms in total. The van der Waals surface area contributed by atoms with Crippen LogP contribution in [-0.4, -0.2) is 68.7 Å². The van der Waals surface area contributed by atoms with E-state index >= 15 is 0 Å². The molecule has 152 valence electrons. The average molecular weight is 415 g/mol. The topological polar surface area (TPSA) is 116 Å². The molecule has 0 saturated heterocycles. The highest BCUT2D eigenvalue weighted by Crippen LogP contribution is 2.36. The molecule has 0 aliphatic rings. The number of imidazole rings is 1. The standard InChI is InChI=1S/C19H21N5O4S/c1-11-10-21-17-16(20-2)22-12-9-15(29-19(12)24(11)17)13-3-4-14(28-13)18(27)23(5-7-25)6-8-26/h3-4,9-10,25-26H,5-8H2,1-2H3,(H,20,22). The second-order valence-corrected chi connectivity index (χ2v) is 7.50. The highest BCUT2D eigenvalue weighted by atomic mass is 32.1. The van der Waals surface area contributed by atoms with Crippen LogP contribution < -0.4 is 5.32 Å². The first-order chi connectivity index (χ1) is 14.1. The molecule has 10 heteroatoms. The molecular formula is C19H21N5O4S. The van der Waals surface area contributed by atoms with Crippen molar-refractivity contribution in [3.8, 4) is 10.6 Å². The van der Waals surface area contributed by atoms with Gasteiger partial charge in [-0.3, -0.25) is 9.20 Å². The van der Waals surface area contributed by atoms with E-state index in [4.69, 9.17) is 14.6 Å². The van der Waals surface area contributed by atoms with Gasteiger partial charge in [0.05, 0.1) is 18.1 Å². The van der Waals surface area contributed by atoms with Crippen LogP contribution in [-0.2, 0) is 0 Å². The van der Waals surface area contributed by atoms with Crippen LogP contribution in [0.25, 0.3) is 26.6 Å². The summed E-state index contributed by atoms with van der Waals surface area (Å²) in [5.41, 5.74) is 2.55. The van der Waals surface area contributed by atoms with Crippen LogP contribution in [0.1, 0.15) is 16.2 Å². The first-order valence-corrected chi connectivity index (χ1v) is 9.95. The Bertz CT molecular complexity index is 1170. The Balaban J connectivity index is 1.74. The number of carbonyl (C=O) groups is 1. The predicted octanol–water partition coefficient (Wildman–Crippen LogP) is 1.98. The Morgan fingerprint density at radius 2 is 2.07 bits per heavy atom. The van der Waals surface area contributed by atoms with Crippen molar-refractivity contribution in [2.45, 2.75) is 6.92 Å². The zero-order chi connectivity index (χ0) is 20.5. The number of nitrogens with zero attached hydrogens (tertiary/aromatic N) is 4. The van der Waals surface area contributed by atoms with Crippen LogP contribution in [0.4, 0.5) is 5.82 Å². The van der Waals surface area contributed by atoms with E-state index in [9.17, 15) is 4.79 Å². The van der Waals surface area contributed by atoms with Crippen molar-refractivity contribution in [1.82, 2.24) is 19.3 Å². The van der Waals surface area contributed by atoms with E-state index in [2.05, 4.69) is 15.3 Å². The maximum absolute atomic E-state index is 12.6. The molecule has 0 aliphatic carbocycles. The van der Waals surface area contributed by atoms with Crippen molar-refractivity contribution < 1.29 is 19.4 Å². The first kappa shape index (κ1) is 19.4. The molecule has 0 bridgehead atoms. The monoisotopic (exact) mass is 415 g/mol. The second-order valence-electron chi connectivity index (χ2n) is 6.47. The van der Waals surface area contributed by atoms with Crippen LogP contribution in [0.3, 0.4) is 0 Å². The van der Waals surface area contributed by atoms with Gasteiger partial charge in [0.15, 0.2) is 17.2 Å². The molecule has 0 atom stereocenters. The summed E-state index contributed by atoms with van der Waals surface area (Å²) in [6.45, 7) is 1.88. The Kier molecular flexibility index (Phi) is 5.22. The molecule has 0 aromatic carbocycles. The smallest absolute Gasteiger partial charge is 0.289 e. The van der Waals surface area contributed by atoms with E-state index in [0.29, 0.717) is 11.6 Å². The molecule has 29 heavy (non-hydrogen) atoms. The average Bonchev–Trinajstić information content (AvgIpc) is 3.44. The summed E-state index contributed by atoms with van der Waals surface area (Å²) in [4.78, 5) is 24.8. The van der Waals surface area contributed by atoms with Crippen LogP contribution in [0.5, 0.6) is 0 Å². The number of aromatic nitrogens is 3. The maximum atomic E-state index is 12.6. The van der Waals surface area contributed by atoms with E-state index in [-0.39, 0.29) is 38.0 Å². The van der Waals surface area contributed by atoms with Crippen molar-refractivity contribution in [2.75, 3.05) is 38.7 Å². The van der Waals surface area contributed by atoms with Gasteiger partial charge < -0.3 is 24.8 Å². The van der Waals surface area contributed by atoms with Crippen molar-refractivity contribution in [2.24, 2.45) is 0 Å². The Hall–Kier alpha value is -2.95. The number of thiophene rings is 1. The number of hydrogen-bond acceptors (Lipinski definition) is 8. The van der Waals surface area contributed by atoms with Crippen molar-refractivity contribution >= 4 is 39.1 Å². The largest absolute Gasteiger partial charge is 0.450 e. The Labute approximate surface area is 170 Å². The lowest BCUT2D eigenvalue weighted by atomic mass is 10.3. The van der Waals surface area contributed by atoms with E-state index < -0.39 is 0 Å². The molecule has 0 aliphatic heterocycles. The molecule has 0 fully saturated rings. The minimum atomic E-state index is -0.371. The van der Waals surface area contributed by atoms with Gasteiger partial charge in [0.25, 0.3) is 5.91 Å². The zero-order valence-electron chi connectivity index (χ0n) is 16.0. The van der Waals surface area contributed by atoms with Gasteiger partial charge in [-0.15, -0.1) is 11.3 Å². The summed E-state index contributed by atoms with van der Waals surface area (Å²) in [6.07, 6.45) is 1.80. The Morgan fingerprint density at radius 1 is 1.31 bits per heavy atom. The number of rotatable bonds is 7.